The van der Waals surface area contributed by atoms with E-state index in [0.29, 0.717) is 11.8 Å². The van der Waals surface area contributed by atoms with Gasteiger partial charge >= 0.3 is 0 Å². The molecule has 3 heteroatoms. The van der Waals surface area contributed by atoms with E-state index < -0.39 is 0 Å². The van der Waals surface area contributed by atoms with Crippen molar-refractivity contribution in [2.45, 2.75) is 45.4 Å². The van der Waals surface area contributed by atoms with Crippen LogP contribution in [0.2, 0.25) is 0 Å². The smallest absolute Gasteiger partial charge is 0.222 e. The number of piperidine rings is 1. The summed E-state index contributed by atoms with van der Waals surface area (Å²) in [5.74, 6) is 1.79. The van der Waals surface area contributed by atoms with Crippen LogP contribution >= 0.6 is 0 Å². The van der Waals surface area contributed by atoms with Crippen LogP contribution in [0.15, 0.2) is 0 Å². The van der Waals surface area contributed by atoms with Gasteiger partial charge in [0, 0.05) is 19.5 Å². The highest BCUT2D eigenvalue weighted by Gasteiger charge is 2.27. The third-order valence-electron chi connectivity index (χ3n) is 3.88. The Morgan fingerprint density at radius 2 is 2.12 bits per heavy atom. The van der Waals surface area contributed by atoms with Gasteiger partial charge < -0.3 is 10.2 Å². The van der Waals surface area contributed by atoms with Crippen molar-refractivity contribution in [3.63, 3.8) is 0 Å². The second-order valence-electron chi connectivity index (χ2n) is 5.70. The van der Waals surface area contributed by atoms with Gasteiger partial charge in [-0.2, -0.15) is 0 Å². The molecule has 1 saturated heterocycles. The molecule has 0 spiro atoms. The molecule has 1 N–H and O–H groups in total. The predicted octanol–water partition coefficient (Wildman–Crippen LogP) is 2.02. The lowest BCUT2D eigenvalue weighted by atomic mass is 9.95. The summed E-state index contributed by atoms with van der Waals surface area (Å²) in [5.41, 5.74) is 0. The molecule has 98 valence electrons. The van der Waals surface area contributed by atoms with Crippen LogP contribution in [0.25, 0.3) is 0 Å². The van der Waals surface area contributed by atoms with Gasteiger partial charge in [-0.25, -0.2) is 0 Å². The molecule has 0 aromatic carbocycles. The van der Waals surface area contributed by atoms with Crippen molar-refractivity contribution in [1.29, 1.82) is 0 Å². The Labute approximate surface area is 105 Å². The quantitative estimate of drug-likeness (QED) is 0.768. The maximum Gasteiger partial charge on any atom is 0.222 e. The van der Waals surface area contributed by atoms with Crippen LogP contribution in [-0.2, 0) is 4.79 Å². The lowest BCUT2D eigenvalue weighted by molar-refractivity contribution is -0.132. The molecule has 1 atom stereocenters. The molecule has 1 amide bonds. The molecule has 2 aliphatic rings. The van der Waals surface area contributed by atoms with E-state index in [0.717, 1.165) is 44.9 Å². The molecule has 3 nitrogen and oxygen atoms in total. The molecule has 0 bridgehead atoms. The summed E-state index contributed by atoms with van der Waals surface area (Å²) < 4.78 is 0. The monoisotopic (exact) mass is 238 g/mol. The highest BCUT2D eigenvalue weighted by molar-refractivity contribution is 5.76. The van der Waals surface area contributed by atoms with E-state index in [-0.39, 0.29) is 0 Å². The molecule has 1 aliphatic carbocycles. The van der Waals surface area contributed by atoms with E-state index in [1.165, 1.54) is 25.7 Å². The van der Waals surface area contributed by atoms with Crippen LogP contribution in [-0.4, -0.2) is 37.0 Å². The maximum atomic E-state index is 12.3. The molecule has 2 fully saturated rings. The first-order valence-electron chi connectivity index (χ1n) is 7.28. The SMILES string of the molecule is CCCN(CC1CC1)C(=O)CC1CCCNC1. The van der Waals surface area contributed by atoms with Crippen molar-refractivity contribution in [3.8, 4) is 0 Å². The van der Waals surface area contributed by atoms with Crippen molar-refractivity contribution < 1.29 is 4.79 Å². The molecule has 0 aromatic heterocycles. The molecule has 2 rings (SSSR count). The van der Waals surface area contributed by atoms with Crippen LogP contribution in [0.1, 0.15) is 45.4 Å². The van der Waals surface area contributed by atoms with Crippen LogP contribution < -0.4 is 5.32 Å². The minimum Gasteiger partial charge on any atom is -0.342 e. The Hall–Kier alpha value is -0.570. The van der Waals surface area contributed by atoms with E-state index in [9.17, 15) is 4.79 Å². The molecule has 1 heterocycles. The van der Waals surface area contributed by atoms with Gasteiger partial charge in [0.05, 0.1) is 0 Å². The van der Waals surface area contributed by atoms with E-state index in [4.69, 9.17) is 0 Å². The van der Waals surface area contributed by atoms with Crippen LogP contribution in [0, 0.1) is 11.8 Å². The minimum absolute atomic E-state index is 0.396. The van der Waals surface area contributed by atoms with Crippen molar-refractivity contribution in [3.05, 3.63) is 0 Å². The Morgan fingerprint density at radius 1 is 1.29 bits per heavy atom. The fraction of sp³-hybridized carbons (Fsp3) is 0.929. The number of rotatable bonds is 6. The standard InChI is InChI=1S/C14H26N2O/c1-2-8-16(11-12-5-6-12)14(17)9-13-4-3-7-15-10-13/h12-13,15H,2-11H2,1H3. The van der Waals surface area contributed by atoms with Gasteiger partial charge in [0.25, 0.3) is 0 Å². The summed E-state index contributed by atoms with van der Waals surface area (Å²) in [6.07, 6.45) is 6.97. The summed E-state index contributed by atoms with van der Waals surface area (Å²) in [6.45, 7) is 6.30. The lowest BCUT2D eigenvalue weighted by Gasteiger charge is -2.27. The Morgan fingerprint density at radius 3 is 2.71 bits per heavy atom. The molecule has 1 saturated carbocycles. The number of carbonyl (C=O) groups excluding carboxylic acids is 1. The van der Waals surface area contributed by atoms with E-state index >= 15 is 0 Å². The number of hydrogen-bond donors (Lipinski definition) is 1. The van der Waals surface area contributed by atoms with Crippen LogP contribution in [0.5, 0.6) is 0 Å². The Balaban J connectivity index is 1.77. The molecule has 0 radical (unpaired) electrons. The summed E-state index contributed by atoms with van der Waals surface area (Å²) in [7, 11) is 0. The molecule has 1 unspecified atom stereocenters. The van der Waals surface area contributed by atoms with Crippen molar-refractivity contribution in [2.75, 3.05) is 26.2 Å². The first-order chi connectivity index (χ1) is 8.29. The topological polar surface area (TPSA) is 32.3 Å². The third kappa shape index (κ3) is 4.30. The largest absolute Gasteiger partial charge is 0.342 e. The molecule has 17 heavy (non-hydrogen) atoms. The zero-order valence-electron chi connectivity index (χ0n) is 11.1. The van der Waals surface area contributed by atoms with E-state index in [1.54, 1.807) is 0 Å². The van der Waals surface area contributed by atoms with Gasteiger partial charge in [-0.05, 0) is 57.0 Å². The highest BCUT2D eigenvalue weighted by atomic mass is 16.2. The van der Waals surface area contributed by atoms with Crippen molar-refractivity contribution in [2.24, 2.45) is 11.8 Å². The highest BCUT2D eigenvalue weighted by Crippen LogP contribution is 2.30. The van der Waals surface area contributed by atoms with Gasteiger partial charge in [0.1, 0.15) is 0 Å². The van der Waals surface area contributed by atoms with E-state index in [1.807, 2.05) is 0 Å². The van der Waals surface area contributed by atoms with Gasteiger partial charge in [0.2, 0.25) is 5.91 Å². The fourth-order valence-corrected chi connectivity index (χ4v) is 2.67. The number of amides is 1. The van der Waals surface area contributed by atoms with Crippen molar-refractivity contribution in [1.82, 2.24) is 10.2 Å². The summed E-state index contributed by atoms with van der Waals surface area (Å²) in [5, 5.41) is 3.39. The summed E-state index contributed by atoms with van der Waals surface area (Å²) in [6, 6.07) is 0. The number of nitrogens with one attached hydrogen (secondary N) is 1. The van der Waals surface area contributed by atoms with Gasteiger partial charge in [-0.1, -0.05) is 6.92 Å². The van der Waals surface area contributed by atoms with Gasteiger partial charge in [-0.15, -0.1) is 0 Å². The van der Waals surface area contributed by atoms with Crippen LogP contribution in [0.4, 0.5) is 0 Å². The van der Waals surface area contributed by atoms with Gasteiger partial charge in [-0.3, -0.25) is 4.79 Å². The molecular weight excluding hydrogens is 212 g/mol. The normalized spacial score (nSPS) is 24.6. The second kappa shape index (κ2) is 6.39. The minimum atomic E-state index is 0.396. The van der Waals surface area contributed by atoms with Crippen molar-refractivity contribution >= 4 is 5.91 Å². The number of nitrogens with zero attached hydrogens (tertiary/aromatic N) is 1. The number of carbonyl (C=O) groups is 1. The third-order valence-corrected chi connectivity index (χ3v) is 3.88. The first kappa shape index (κ1) is 12.9. The number of hydrogen-bond acceptors (Lipinski definition) is 2. The molecular formula is C14H26N2O. The average molecular weight is 238 g/mol. The second-order valence-corrected chi connectivity index (χ2v) is 5.70. The predicted molar refractivity (Wildman–Crippen MR) is 69.8 cm³/mol. The zero-order valence-corrected chi connectivity index (χ0v) is 11.1. The lowest BCUT2D eigenvalue weighted by Crippen LogP contribution is -2.38. The van der Waals surface area contributed by atoms with Crippen LogP contribution in [0.3, 0.4) is 0 Å². The fourth-order valence-electron chi connectivity index (χ4n) is 2.67. The van der Waals surface area contributed by atoms with E-state index in [2.05, 4.69) is 17.1 Å². The maximum absolute atomic E-state index is 12.3. The molecule has 1 aliphatic heterocycles. The zero-order chi connectivity index (χ0) is 12.1. The summed E-state index contributed by atoms with van der Waals surface area (Å²) >= 11 is 0. The summed E-state index contributed by atoms with van der Waals surface area (Å²) in [4.78, 5) is 14.4. The average Bonchev–Trinajstić information content (AvgIpc) is 3.14. The van der Waals surface area contributed by atoms with Gasteiger partial charge in [0.15, 0.2) is 0 Å². The molecule has 0 aromatic rings. The Bertz CT molecular complexity index is 245. The first-order valence-corrected chi connectivity index (χ1v) is 7.28. The Kier molecular flexibility index (Phi) is 4.84.